The van der Waals surface area contributed by atoms with E-state index in [-0.39, 0.29) is 11.3 Å². The number of rotatable bonds is 6. The van der Waals surface area contributed by atoms with Crippen molar-refractivity contribution < 1.29 is 9.90 Å². The molecular formula is C21H33N3O2. The van der Waals surface area contributed by atoms with E-state index in [2.05, 4.69) is 31.0 Å². The fraction of sp³-hybridized carbons (Fsp3) is 0.667. The van der Waals surface area contributed by atoms with Gasteiger partial charge >= 0.3 is 0 Å². The summed E-state index contributed by atoms with van der Waals surface area (Å²) in [7, 11) is 0. The molecular weight excluding hydrogens is 326 g/mol. The van der Waals surface area contributed by atoms with Gasteiger partial charge in [-0.1, -0.05) is 32.9 Å². The summed E-state index contributed by atoms with van der Waals surface area (Å²) in [6.07, 6.45) is 4.56. The van der Waals surface area contributed by atoms with Crippen LogP contribution in [0.4, 0.5) is 0 Å². The van der Waals surface area contributed by atoms with Crippen LogP contribution in [0.5, 0.6) is 5.75 Å². The molecule has 3 rings (SSSR count). The van der Waals surface area contributed by atoms with Crippen molar-refractivity contribution in [1.82, 2.24) is 10.2 Å². The number of benzene rings is 1. The normalized spacial score (nSPS) is 26.2. The molecule has 1 aromatic carbocycles. The minimum absolute atomic E-state index is 0.0877. The Labute approximate surface area is 156 Å². The quantitative estimate of drug-likeness (QED) is 0.683. The number of phenols is 1. The SMILES string of the molecule is CC(C)(C)CNCCN1[C@@H]2CC[C@H]1C[C@@H](c1cccc(C(N)=O)c1O)C2. The molecule has 5 nitrogen and oxygen atoms in total. The second-order valence-electron chi connectivity index (χ2n) is 9.14. The molecule has 3 atom stereocenters. The predicted octanol–water partition coefficient (Wildman–Crippen LogP) is 2.84. The zero-order chi connectivity index (χ0) is 18.9. The highest BCUT2D eigenvalue weighted by Crippen LogP contribution is 2.45. The van der Waals surface area contributed by atoms with Crippen LogP contribution in [0, 0.1) is 5.41 Å². The molecule has 2 aliphatic heterocycles. The Bertz CT molecular complexity index is 639. The van der Waals surface area contributed by atoms with Crippen molar-refractivity contribution in [2.75, 3.05) is 19.6 Å². The Morgan fingerprint density at radius 2 is 1.92 bits per heavy atom. The number of carbonyl (C=O) groups is 1. The third-order valence-corrected chi connectivity index (χ3v) is 5.86. The van der Waals surface area contributed by atoms with Crippen molar-refractivity contribution in [2.24, 2.45) is 11.1 Å². The van der Waals surface area contributed by atoms with Crippen LogP contribution in [-0.2, 0) is 0 Å². The summed E-state index contributed by atoms with van der Waals surface area (Å²) in [5.74, 6) is -0.162. The molecule has 0 radical (unpaired) electrons. The van der Waals surface area contributed by atoms with Crippen molar-refractivity contribution in [3.8, 4) is 5.75 Å². The number of hydrogen-bond donors (Lipinski definition) is 3. The number of piperidine rings is 1. The topological polar surface area (TPSA) is 78.6 Å². The fourth-order valence-corrected chi connectivity index (χ4v) is 4.65. The van der Waals surface area contributed by atoms with Gasteiger partial charge in [0.1, 0.15) is 5.75 Å². The van der Waals surface area contributed by atoms with Gasteiger partial charge in [0, 0.05) is 31.7 Å². The lowest BCUT2D eigenvalue weighted by molar-refractivity contribution is 0.0997. The Hall–Kier alpha value is -1.59. The molecule has 2 heterocycles. The summed E-state index contributed by atoms with van der Waals surface area (Å²) >= 11 is 0. The number of hydrogen-bond acceptors (Lipinski definition) is 4. The zero-order valence-corrected chi connectivity index (χ0v) is 16.3. The summed E-state index contributed by atoms with van der Waals surface area (Å²) < 4.78 is 0. The van der Waals surface area contributed by atoms with Crippen LogP contribution in [0.1, 0.15) is 68.3 Å². The van der Waals surface area contributed by atoms with Gasteiger partial charge in [-0.05, 0) is 48.6 Å². The maximum absolute atomic E-state index is 11.5. The summed E-state index contributed by atoms with van der Waals surface area (Å²) in [5, 5.41) is 14.1. The molecule has 26 heavy (non-hydrogen) atoms. The van der Waals surface area contributed by atoms with E-state index in [9.17, 15) is 9.90 Å². The van der Waals surface area contributed by atoms with Crippen molar-refractivity contribution >= 4 is 5.91 Å². The first kappa shape index (κ1) is 19.2. The minimum atomic E-state index is -0.560. The van der Waals surface area contributed by atoms with Crippen LogP contribution in [0.3, 0.4) is 0 Å². The molecule has 1 amide bonds. The molecule has 2 saturated heterocycles. The number of para-hydroxylation sites is 1. The Morgan fingerprint density at radius 1 is 1.27 bits per heavy atom. The molecule has 0 spiro atoms. The van der Waals surface area contributed by atoms with Crippen molar-refractivity contribution in [2.45, 2.75) is 64.5 Å². The smallest absolute Gasteiger partial charge is 0.252 e. The number of carbonyl (C=O) groups excluding carboxylic acids is 1. The summed E-state index contributed by atoms with van der Waals surface area (Å²) in [6, 6.07) is 6.54. The van der Waals surface area contributed by atoms with Crippen LogP contribution in [0.15, 0.2) is 18.2 Å². The summed E-state index contributed by atoms with van der Waals surface area (Å²) in [5.41, 5.74) is 6.83. The van der Waals surface area contributed by atoms with E-state index in [1.807, 2.05) is 12.1 Å². The maximum Gasteiger partial charge on any atom is 0.252 e. The Kier molecular flexibility index (Phi) is 5.58. The molecule has 0 unspecified atom stereocenters. The molecule has 2 bridgehead atoms. The third-order valence-electron chi connectivity index (χ3n) is 5.86. The molecule has 5 heteroatoms. The molecule has 144 valence electrons. The largest absolute Gasteiger partial charge is 0.507 e. The van der Waals surface area contributed by atoms with Gasteiger partial charge < -0.3 is 16.2 Å². The maximum atomic E-state index is 11.5. The molecule has 4 N–H and O–H groups in total. The number of nitrogens with zero attached hydrogens (tertiary/aromatic N) is 1. The monoisotopic (exact) mass is 359 g/mol. The number of aromatic hydroxyl groups is 1. The van der Waals surface area contributed by atoms with Gasteiger partial charge in [-0.25, -0.2) is 0 Å². The highest BCUT2D eigenvalue weighted by molar-refractivity contribution is 5.96. The van der Waals surface area contributed by atoms with Gasteiger partial charge in [0.05, 0.1) is 5.56 Å². The number of nitrogens with two attached hydrogens (primary N) is 1. The van der Waals surface area contributed by atoms with Crippen LogP contribution in [-0.4, -0.2) is 47.6 Å². The molecule has 2 fully saturated rings. The number of amides is 1. The van der Waals surface area contributed by atoms with E-state index in [1.165, 1.54) is 12.8 Å². The predicted molar refractivity (Wildman–Crippen MR) is 104 cm³/mol. The van der Waals surface area contributed by atoms with E-state index in [0.29, 0.717) is 23.4 Å². The second-order valence-corrected chi connectivity index (χ2v) is 9.14. The summed E-state index contributed by atoms with van der Waals surface area (Å²) in [6.45, 7) is 9.90. The van der Waals surface area contributed by atoms with Gasteiger partial charge in [0.15, 0.2) is 0 Å². The molecule has 0 saturated carbocycles. The van der Waals surface area contributed by atoms with Crippen molar-refractivity contribution in [1.29, 1.82) is 0 Å². The minimum Gasteiger partial charge on any atom is -0.507 e. The van der Waals surface area contributed by atoms with Gasteiger partial charge in [0.2, 0.25) is 0 Å². The Morgan fingerprint density at radius 3 is 2.50 bits per heavy atom. The van der Waals surface area contributed by atoms with E-state index in [0.717, 1.165) is 38.0 Å². The van der Waals surface area contributed by atoms with Crippen LogP contribution in [0.2, 0.25) is 0 Å². The van der Waals surface area contributed by atoms with E-state index in [4.69, 9.17) is 5.73 Å². The fourth-order valence-electron chi connectivity index (χ4n) is 4.65. The van der Waals surface area contributed by atoms with Crippen LogP contribution < -0.4 is 11.1 Å². The van der Waals surface area contributed by atoms with Gasteiger partial charge in [-0.15, -0.1) is 0 Å². The number of primary amides is 1. The van der Waals surface area contributed by atoms with Gasteiger partial charge in [-0.2, -0.15) is 0 Å². The van der Waals surface area contributed by atoms with E-state index < -0.39 is 5.91 Å². The first-order valence-electron chi connectivity index (χ1n) is 9.84. The van der Waals surface area contributed by atoms with Crippen LogP contribution >= 0.6 is 0 Å². The highest BCUT2D eigenvalue weighted by Gasteiger charge is 2.41. The second kappa shape index (κ2) is 7.57. The molecule has 2 aliphatic rings. The van der Waals surface area contributed by atoms with Gasteiger partial charge in [-0.3, -0.25) is 9.69 Å². The standard InChI is InChI=1S/C21H33N3O2/c1-21(2,3)13-23-9-10-24-15-7-8-16(24)12-14(11-15)17-5-4-6-18(19(17)25)20(22)26/h4-6,14-16,23,25H,7-13H2,1-3H3,(H2,22,26)/t14-,15+,16-. The molecule has 1 aromatic rings. The molecule has 0 aliphatic carbocycles. The summed E-state index contributed by atoms with van der Waals surface area (Å²) in [4.78, 5) is 14.2. The average molecular weight is 360 g/mol. The van der Waals surface area contributed by atoms with Gasteiger partial charge in [0.25, 0.3) is 5.91 Å². The lowest BCUT2D eigenvalue weighted by Gasteiger charge is -2.39. The number of fused-ring (bicyclic) bond motifs is 2. The lowest BCUT2D eigenvalue weighted by atomic mass is 9.83. The van der Waals surface area contributed by atoms with Crippen LogP contribution in [0.25, 0.3) is 0 Å². The lowest BCUT2D eigenvalue weighted by Crippen LogP contribution is -2.45. The third kappa shape index (κ3) is 4.21. The van der Waals surface area contributed by atoms with Crippen molar-refractivity contribution in [3.63, 3.8) is 0 Å². The van der Waals surface area contributed by atoms with E-state index >= 15 is 0 Å². The first-order chi connectivity index (χ1) is 12.3. The zero-order valence-electron chi connectivity index (χ0n) is 16.3. The first-order valence-corrected chi connectivity index (χ1v) is 9.84. The Balaban J connectivity index is 1.62. The number of nitrogens with one attached hydrogen (secondary N) is 1. The van der Waals surface area contributed by atoms with E-state index in [1.54, 1.807) is 6.07 Å². The van der Waals surface area contributed by atoms with Crippen molar-refractivity contribution in [3.05, 3.63) is 29.3 Å². The highest BCUT2D eigenvalue weighted by atomic mass is 16.3. The average Bonchev–Trinajstić information content (AvgIpc) is 2.78. The molecule has 0 aromatic heterocycles.